The number of hydrogen-bond acceptors (Lipinski definition) is 4. The smallest absolute Gasteiger partial charge is 0.243 e. The molecule has 3 rings (SSSR count). The number of nitrogens with zero attached hydrogens (tertiary/aromatic N) is 1. The summed E-state index contributed by atoms with van der Waals surface area (Å²) in [6.07, 6.45) is 2.38. The molecule has 1 amide bonds. The first-order chi connectivity index (χ1) is 13.8. The van der Waals surface area contributed by atoms with Crippen molar-refractivity contribution in [2.24, 2.45) is 0 Å². The minimum Gasteiger partial charge on any atom is -0.495 e. The van der Waals surface area contributed by atoms with Gasteiger partial charge in [0.05, 0.1) is 17.7 Å². The third-order valence-electron chi connectivity index (χ3n) is 5.06. The van der Waals surface area contributed by atoms with Crippen molar-refractivity contribution in [1.29, 1.82) is 0 Å². The quantitative estimate of drug-likeness (QED) is 0.735. The van der Waals surface area contributed by atoms with E-state index in [2.05, 4.69) is 5.32 Å². The molecule has 29 heavy (non-hydrogen) atoms. The maximum atomic E-state index is 13.2. The number of amides is 1. The fourth-order valence-corrected chi connectivity index (χ4v) is 5.40. The minimum atomic E-state index is -3.66. The SMILES string of the molecule is COc1ccc(Cl)cc1NC(=O)CC1CCCCN1S(=O)(=O)c1ccc(C)cc1. The van der Waals surface area contributed by atoms with Gasteiger partial charge in [-0.3, -0.25) is 4.79 Å². The summed E-state index contributed by atoms with van der Waals surface area (Å²) in [7, 11) is -2.15. The van der Waals surface area contributed by atoms with Crippen molar-refractivity contribution >= 4 is 33.2 Å². The number of nitrogens with one attached hydrogen (secondary N) is 1. The number of benzene rings is 2. The van der Waals surface area contributed by atoms with Gasteiger partial charge in [0, 0.05) is 24.0 Å². The molecule has 1 aliphatic heterocycles. The maximum absolute atomic E-state index is 13.2. The topological polar surface area (TPSA) is 75.7 Å². The Balaban J connectivity index is 1.77. The van der Waals surface area contributed by atoms with Gasteiger partial charge in [0.25, 0.3) is 0 Å². The first-order valence-electron chi connectivity index (χ1n) is 9.53. The number of hydrogen-bond donors (Lipinski definition) is 1. The third-order valence-corrected chi connectivity index (χ3v) is 7.26. The van der Waals surface area contributed by atoms with Crippen LogP contribution in [0.1, 0.15) is 31.2 Å². The zero-order valence-electron chi connectivity index (χ0n) is 16.5. The Kier molecular flexibility index (Phi) is 6.82. The molecule has 0 radical (unpaired) electrons. The third kappa shape index (κ3) is 5.10. The lowest BCUT2D eigenvalue weighted by molar-refractivity contribution is -0.117. The second kappa shape index (κ2) is 9.15. The van der Waals surface area contributed by atoms with E-state index in [0.29, 0.717) is 29.4 Å². The Labute approximate surface area is 176 Å². The van der Waals surface area contributed by atoms with Crippen LogP contribution < -0.4 is 10.1 Å². The van der Waals surface area contributed by atoms with Gasteiger partial charge in [-0.25, -0.2) is 8.42 Å². The van der Waals surface area contributed by atoms with Crippen molar-refractivity contribution in [2.75, 3.05) is 19.0 Å². The van der Waals surface area contributed by atoms with Crippen molar-refractivity contribution in [3.05, 3.63) is 53.1 Å². The Morgan fingerprint density at radius 3 is 2.62 bits per heavy atom. The zero-order valence-corrected chi connectivity index (χ0v) is 18.1. The van der Waals surface area contributed by atoms with E-state index in [-0.39, 0.29) is 23.3 Å². The van der Waals surface area contributed by atoms with Crippen LogP contribution >= 0.6 is 11.6 Å². The van der Waals surface area contributed by atoms with Crippen molar-refractivity contribution in [2.45, 2.75) is 43.5 Å². The Hall–Kier alpha value is -2.09. The fraction of sp³-hybridized carbons (Fsp3) is 0.381. The van der Waals surface area contributed by atoms with E-state index in [4.69, 9.17) is 16.3 Å². The number of carbonyl (C=O) groups is 1. The monoisotopic (exact) mass is 436 g/mol. The molecule has 0 saturated carbocycles. The second-order valence-corrected chi connectivity index (χ2v) is 9.50. The van der Waals surface area contributed by atoms with E-state index in [9.17, 15) is 13.2 Å². The van der Waals surface area contributed by atoms with Gasteiger partial charge >= 0.3 is 0 Å². The van der Waals surface area contributed by atoms with Crippen LogP contribution in [0, 0.1) is 6.92 Å². The molecule has 0 bridgehead atoms. The molecule has 1 aliphatic rings. The van der Waals surface area contributed by atoms with Gasteiger partial charge in [0.2, 0.25) is 15.9 Å². The van der Waals surface area contributed by atoms with Gasteiger partial charge in [0.15, 0.2) is 0 Å². The summed E-state index contributed by atoms with van der Waals surface area (Å²) < 4.78 is 33.0. The molecule has 2 aromatic rings. The van der Waals surface area contributed by atoms with Crippen molar-refractivity contribution in [3.8, 4) is 5.75 Å². The summed E-state index contributed by atoms with van der Waals surface area (Å²) in [6, 6.07) is 11.4. The summed E-state index contributed by atoms with van der Waals surface area (Å²) in [5.74, 6) is 0.220. The molecule has 0 aliphatic carbocycles. The molecular weight excluding hydrogens is 412 g/mol. The average molecular weight is 437 g/mol. The van der Waals surface area contributed by atoms with E-state index in [1.807, 2.05) is 6.92 Å². The fourth-order valence-electron chi connectivity index (χ4n) is 3.53. The number of anilines is 1. The van der Waals surface area contributed by atoms with Gasteiger partial charge in [-0.1, -0.05) is 35.7 Å². The highest BCUT2D eigenvalue weighted by molar-refractivity contribution is 7.89. The molecule has 0 spiro atoms. The van der Waals surface area contributed by atoms with Crippen LogP contribution in [0.15, 0.2) is 47.4 Å². The van der Waals surface area contributed by atoms with Crippen molar-refractivity contribution in [3.63, 3.8) is 0 Å². The lowest BCUT2D eigenvalue weighted by Crippen LogP contribution is -2.45. The molecule has 156 valence electrons. The van der Waals surface area contributed by atoms with Crippen LogP contribution in [0.25, 0.3) is 0 Å². The summed E-state index contributed by atoms with van der Waals surface area (Å²) in [6.45, 7) is 2.32. The van der Waals surface area contributed by atoms with Crippen LogP contribution in [0.4, 0.5) is 5.69 Å². The molecule has 8 heteroatoms. The van der Waals surface area contributed by atoms with E-state index in [0.717, 1.165) is 18.4 Å². The summed E-state index contributed by atoms with van der Waals surface area (Å²) in [5.41, 5.74) is 1.46. The second-order valence-electron chi connectivity index (χ2n) is 7.18. The standard InChI is InChI=1S/C21H25ClN2O4S/c1-15-6-9-18(10-7-15)29(26,27)24-12-4-3-5-17(24)14-21(25)23-19-13-16(22)8-11-20(19)28-2/h6-11,13,17H,3-5,12,14H2,1-2H3,(H,23,25). The Morgan fingerprint density at radius 1 is 1.21 bits per heavy atom. The number of carbonyl (C=O) groups excluding carboxylic acids is 1. The van der Waals surface area contributed by atoms with Crippen LogP contribution in [-0.4, -0.2) is 38.3 Å². The number of aryl methyl sites for hydroxylation is 1. The summed E-state index contributed by atoms with van der Waals surface area (Å²) in [5, 5.41) is 3.27. The van der Waals surface area contributed by atoms with E-state index in [1.165, 1.54) is 11.4 Å². The lowest BCUT2D eigenvalue weighted by Gasteiger charge is -2.34. The molecule has 1 heterocycles. The maximum Gasteiger partial charge on any atom is 0.243 e. The molecule has 1 saturated heterocycles. The molecular formula is C21H25ClN2O4S. The predicted molar refractivity (Wildman–Crippen MR) is 114 cm³/mol. The van der Waals surface area contributed by atoms with Gasteiger partial charge in [-0.15, -0.1) is 0 Å². The molecule has 0 aromatic heterocycles. The number of methoxy groups -OCH3 is 1. The van der Waals surface area contributed by atoms with Gasteiger partial charge in [-0.2, -0.15) is 4.31 Å². The Morgan fingerprint density at radius 2 is 1.93 bits per heavy atom. The summed E-state index contributed by atoms with van der Waals surface area (Å²) in [4.78, 5) is 12.9. The van der Waals surface area contributed by atoms with Gasteiger partial charge in [-0.05, 0) is 50.1 Å². The molecule has 1 unspecified atom stereocenters. The lowest BCUT2D eigenvalue weighted by atomic mass is 10.0. The normalized spacial score (nSPS) is 17.7. The average Bonchev–Trinajstić information content (AvgIpc) is 2.69. The molecule has 2 aromatic carbocycles. The first kappa shape index (κ1) is 21.6. The molecule has 6 nitrogen and oxygen atoms in total. The largest absolute Gasteiger partial charge is 0.495 e. The molecule has 1 N–H and O–H groups in total. The van der Waals surface area contributed by atoms with E-state index in [1.54, 1.807) is 42.5 Å². The minimum absolute atomic E-state index is 0.0702. The number of sulfonamides is 1. The highest BCUT2D eigenvalue weighted by atomic mass is 35.5. The number of halogens is 1. The highest BCUT2D eigenvalue weighted by Crippen LogP contribution is 2.30. The highest BCUT2D eigenvalue weighted by Gasteiger charge is 2.34. The van der Waals surface area contributed by atoms with Crippen LogP contribution in [0.3, 0.4) is 0 Å². The number of rotatable bonds is 6. The van der Waals surface area contributed by atoms with Gasteiger partial charge < -0.3 is 10.1 Å². The van der Waals surface area contributed by atoms with Crippen LogP contribution in [0.2, 0.25) is 5.02 Å². The van der Waals surface area contributed by atoms with Crippen LogP contribution in [-0.2, 0) is 14.8 Å². The first-order valence-corrected chi connectivity index (χ1v) is 11.3. The van der Waals surface area contributed by atoms with E-state index >= 15 is 0 Å². The van der Waals surface area contributed by atoms with Crippen LogP contribution in [0.5, 0.6) is 5.75 Å². The van der Waals surface area contributed by atoms with Gasteiger partial charge in [0.1, 0.15) is 5.75 Å². The number of ether oxygens (including phenoxy) is 1. The predicted octanol–water partition coefficient (Wildman–Crippen LogP) is 4.23. The van der Waals surface area contributed by atoms with Crippen molar-refractivity contribution in [1.82, 2.24) is 4.31 Å². The van der Waals surface area contributed by atoms with Crippen molar-refractivity contribution < 1.29 is 17.9 Å². The zero-order chi connectivity index (χ0) is 21.0. The Bertz CT molecular complexity index is 977. The summed E-state index contributed by atoms with van der Waals surface area (Å²) >= 11 is 6.02. The number of piperidine rings is 1. The molecule has 1 fully saturated rings. The van der Waals surface area contributed by atoms with E-state index < -0.39 is 10.0 Å². The molecule has 1 atom stereocenters.